The number of carbonyl (C=O) groups is 1. The van der Waals surface area contributed by atoms with E-state index in [1.54, 1.807) is 12.1 Å². The van der Waals surface area contributed by atoms with Crippen LogP contribution in [0.2, 0.25) is 0 Å². The highest BCUT2D eigenvalue weighted by Crippen LogP contribution is 2.27. The summed E-state index contributed by atoms with van der Waals surface area (Å²) < 4.78 is 19.1. The van der Waals surface area contributed by atoms with Crippen molar-refractivity contribution >= 4 is 11.6 Å². The third-order valence-electron chi connectivity index (χ3n) is 2.74. The van der Waals surface area contributed by atoms with Gasteiger partial charge in [0, 0.05) is 30.8 Å². The molecule has 1 aromatic carbocycles. The van der Waals surface area contributed by atoms with E-state index in [4.69, 9.17) is 10.5 Å². The van der Waals surface area contributed by atoms with Crippen LogP contribution in [0.5, 0.6) is 5.75 Å². The Morgan fingerprint density at radius 2 is 2.22 bits per heavy atom. The summed E-state index contributed by atoms with van der Waals surface area (Å²) in [5.41, 5.74) is 6.24. The molecule has 1 unspecified atom stereocenters. The lowest BCUT2D eigenvalue weighted by molar-refractivity contribution is -0.117. The van der Waals surface area contributed by atoms with E-state index in [0.717, 1.165) is 0 Å². The number of ether oxygens (including phenoxy) is 1. The highest BCUT2D eigenvalue weighted by molar-refractivity contribution is 5.96. The molecule has 0 saturated carbocycles. The second-order valence-electron chi connectivity index (χ2n) is 4.75. The van der Waals surface area contributed by atoms with Gasteiger partial charge in [-0.1, -0.05) is 0 Å². The molecule has 1 aromatic rings. The summed E-state index contributed by atoms with van der Waals surface area (Å²) >= 11 is 0. The fourth-order valence-electron chi connectivity index (χ4n) is 1.99. The average molecular weight is 252 g/mol. The number of anilines is 1. The Balaban J connectivity index is 2.21. The topological polar surface area (TPSA) is 55.6 Å². The third kappa shape index (κ3) is 2.61. The maximum atomic E-state index is 13.8. The second-order valence-corrected chi connectivity index (χ2v) is 4.75. The molecule has 0 radical (unpaired) electrons. The van der Waals surface area contributed by atoms with Gasteiger partial charge in [0.25, 0.3) is 0 Å². The van der Waals surface area contributed by atoms with E-state index < -0.39 is 5.82 Å². The molecule has 2 rings (SSSR count). The van der Waals surface area contributed by atoms with Crippen molar-refractivity contribution in [2.45, 2.75) is 32.4 Å². The predicted octanol–water partition coefficient (Wildman–Crippen LogP) is 1.68. The fraction of sp³-hybridized carbons (Fsp3) is 0.462. The van der Waals surface area contributed by atoms with Crippen LogP contribution in [-0.2, 0) is 4.79 Å². The minimum atomic E-state index is -0.463. The van der Waals surface area contributed by atoms with Crippen molar-refractivity contribution < 1.29 is 13.9 Å². The molecule has 0 aliphatic carbocycles. The van der Waals surface area contributed by atoms with Gasteiger partial charge in [-0.3, -0.25) is 4.79 Å². The highest BCUT2D eigenvalue weighted by Gasteiger charge is 2.28. The Morgan fingerprint density at radius 3 is 2.72 bits per heavy atom. The molecule has 1 fully saturated rings. The van der Waals surface area contributed by atoms with Crippen LogP contribution < -0.4 is 15.4 Å². The van der Waals surface area contributed by atoms with E-state index in [0.29, 0.717) is 18.7 Å². The van der Waals surface area contributed by atoms with E-state index in [9.17, 15) is 9.18 Å². The van der Waals surface area contributed by atoms with Crippen LogP contribution in [0.4, 0.5) is 10.1 Å². The number of nitrogens with two attached hydrogens (primary N) is 1. The van der Waals surface area contributed by atoms with Crippen molar-refractivity contribution in [3.63, 3.8) is 0 Å². The van der Waals surface area contributed by atoms with Gasteiger partial charge in [-0.2, -0.15) is 0 Å². The summed E-state index contributed by atoms with van der Waals surface area (Å²) in [6.45, 7) is 4.09. The molecule has 0 aromatic heterocycles. The smallest absolute Gasteiger partial charge is 0.228 e. The number of rotatable bonds is 3. The van der Waals surface area contributed by atoms with Crippen LogP contribution >= 0.6 is 0 Å². The highest BCUT2D eigenvalue weighted by atomic mass is 19.1. The first-order valence-electron chi connectivity index (χ1n) is 5.99. The van der Waals surface area contributed by atoms with Gasteiger partial charge < -0.3 is 15.4 Å². The molecule has 1 atom stereocenters. The maximum absolute atomic E-state index is 13.8. The SMILES string of the molecule is CC(C)Oc1ccc(N2CC(N)CC2=O)cc1F. The Bertz CT molecular complexity index is 462. The first kappa shape index (κ1) is 12.8. The average Bonchev–Trinajstić information content (AvgIpc) is 2.60. The molecular formula is C13H17FN2O2. The molecule has 98 valence electrons. The normalized spacial score (nSPS) is 19.7. The second kappa shape index (κ2) is 4.94. The molecule has 5 heteroatoms. The van der Waals surface area contributed by atoms with Crippen LogP contribution in [0.25, 0.3) is 0 Å². The number of amides is 1. The van der Waals surface area contributed by atoms with Crippen molar-refractivity contribution in [3.8, 4) is 5.75 Å². The molecule has 18 heavy (non-hydrogen) atoms. The van der Waals surface area contributed by atoms with Crippen molar-refractivity contribution in [2.24, 2.45) is 5.73 Å². The molecular weight excluding hydrogens is 235 g/mol. The lowest BCUT2D eigenvalue weighted by Gasteiger charge is -2.17. The number of nitrogens with zero attached hydrogens (tertiary/aromatic N) is 1. The Hall–Kier alpha value is -1.62. The van der Waals surface area contributed by atoms with Crippen LogP contribution in [0.1, 0.15) is 20.3 Å². The quantitative estimate of drug-likeness (QED) is 0.890. The summed E-state index contributed by atoms with van der Waals surface area (Å²) in [6, 6.07) is 4.36. The standard InChI is InChI=1S/C13H17FN2O2/c1-8(2)18-12-4-3-10(6-11(12)14)16-7-9(15)5-13(16)17/h3-4,6,8-9H,5,7,15H2,1-2H3. The van der Waals surface area contributed by atoms with Gasteiger partial charge >= 0.3 is 0 Å². The lowest BCUT2D eigenvalue weighted by atomic mass is 10.2. The molecule has 1 saturated heterocycles. The largest absolute Gasteiger partial charge is 0.488 e. The van der Waals surface area contributed by atoms with Gasteiger partial charge in [-0.25, -0.2) is 4.39 Å². The zero-order valence-corrected chi connectivity index (χ0v) is 10.5. The molecule has 0 bridgehead atoms. The van der Waals surface area contributed by atoms with Gasteiger partial charge in [0.05, 0.1) is 6.10 Å². The predicted molar refractivity (Wildman–Crippen MR) is 67.1 cm³/mol. The molecule has 1 amide bonds. The number of hydrogen-bond donors (Lipinski definition) is 1. The van der Waals surface area contributed by atoms with Crippen molar-refractivity contribution in [3.05, 3.63) is 24.0 Å². The van der Waals surface area contributed by atoms with Crippen molar-refractivity contribution in [2.75, 3.05) is 11.4 Å². The Morgan fingerprint density at radius 1 is 1.50 bits per heavy atom. The lowest BCUT2D eigenvalue weighted by Crippen LogP contribution is -2.28. The number of carbonyl (C=O) groups excluding carboxylic acids is 1. The molecule has 4 nitrogen and oxygen atoms in total. The van der Waals surface area contributed by atoms with E-state index >= 15 is 0 Å². The molecule has 1 aliphatic rings. The fourth-order valence-corrected chi connectivity index (χ4v) is 1.99. The van der Waals surface area contributed by atoms with Gasteiger partial charge in [0.2, 0.25) is 5.91 Å². The first-order chi connectivity index (χ1) is 8.47. The van der Waals surface area contributed by atoms with Crippen LogP contribution in [0.3, 0.4) is 0 Å². The Labute approximate surface area is 106 Å². The zero-order chi connectivity index (χ0) is 13.3. The van der Waals surface area contributed by atoms with Crippen LogP contribution in [0, 0.1) is 5.82 Å². The summed E-state index contributed by atoms with van der Waals surface area (Å²) in [5.74, 6) is -0.335. The van der Waals surface area contributed by atoms with E-state index in [1.165, 1.54) is 11.0 Å². The van der Waals surface area contributed by atoms with Crippen molar-refractivity contribution in [1.29, 1.82) is 0 Å². The van der Waals surface area contributed by atoms with Crippen LogP contribution in [-0.4, -0.2) is 24.6 Å². The molecule has 0 spiro atoms. The van der Waals surface area contributed by atoms with Gasteiger partial charge in [-0.15, -0.1) is 0 Å². The summed E-state index contributed by atoms with van der Waals surface area (Å²) in [5, 5.41) is 0. The summed E-state index contributed by atoms with van der Waals surface area (Å²) in [4.78, 5) is 13.2. The monoisotopic (exact) mass is 252 g/mol. The first-order valence-corrected chi connectivity index (χ1v) is 5.99. The number of halogens is 1. The molecule has 2 N–H and O–H groups in total. The summed E-state index contributed by atoms with van der Waals surface area (Å²) in [7, 11) is 0. The van der Waals surface area contributed by atoms with E-state index in [1.807, 2.05) is 13.8 Å². The summed E-state index contributed by atoms with van der Waals surface area (Å²) in [6.07, 6.45) is 0.221. The minimum Gasteiger partial charge on any atom is -0.488 e. The van der Waals surface area contributed by atoms with Gasteiger partial charge in [-0.05, 0) is 26.0 Å². The van der Waals surface area contributed by atoms with Gasteiger partial charge in [0.15, 0.2) is 11.6 Å². The maximum Gasteiger partial charge on any atom is 0.228 e. The van der Waals surface area contributed by atoms with E-state index in [2.05, 4.69) is 0 Å². The van der Waals surface area contributed by atoms with Crippen molar-refractivity contribution in [1.82, 2.24) is 0 Å². The van der Waals surface area contributed by atoms with Gasteiger partial charge in [0.1, 0.15) is 0 Å². The van der Waals surface area contributed by atoms with E-state index in [-0.39, 0.29) is 23.8 Å². The third-order valence-corrected chi connectivity index (χ3v) is 2.74. The molecule has 1 aliphatic heterocycles. The minimum absolute atomic E-state index is 0.0700. The van der Waals surface area contributed by atoms with Crippen LogP contribution in [0.15, 0.2) is 18.2 Å². The number of hydrogen-bond acceptors (Lipinski definition) is 3. The molecule has 1 heterocycles. The number of benzene rings is 1. The Kier molecular flexibility index (Phi) is 3.52. The zero-order valence-electron chi connectivity index (χ0n) is 10.5.